The molecular weight excluding hydrogens is 351 g/mol. The molecule has 8 nitrogen and oxygen atoms in total. The van der Waals surface area contributed by atoms with Crippen molar-refractivity contribution < 1.29 is 73.7 Å². The molecule has 0 aromatic heterocycles. The van der Waals surface area contributed by atoms with Crippen molar-refractivity contribution in [1.29, 1.82) is 0 Å². The Hall–Kier alpha value is -1.08. The van der Waals surface area contributed by atoms with Gasteiger partial charge in [0.05, 0.1) is 0 Å². The molecule has 0 aliphatic rings. The first-order valence-electron chi connectivity index (χ1n) is 3.71. The SMILES string of the molecule is CC(=O)O.CC(=O)O.CC(=O)O.CC(=O)O.[Cu].[Cu]. The molecule has 0 saturated heterocycles. The minimum atomic E-state index is -0.833. The second-order valence-corrected chi connectivity index (χ2v) is 2.08. The van der Waals surface area contributed by atoms with Crippen molar-refractivity contribution >= 4 is 23.9 Å². The molecule has 2 radical (unpaired) electrons. The monoisotopic (exact) mass is 366 g/mol. The van der Waals surface area contributed by atoms with Crippen molar-refractivity contribution in [2.45, 2.75) is 27.7 Å². The number of carboxylic acids is 4. The summed E-state index contributed by atoms with van der Waals surface area (Å²) in [4.78, 5) is 36.0. The number of rotatable bonds is 0. The van der Waals surface area contributed by atoms with E-state index >= 15 is 0 Å². The van der Waals surface area contributed by atoms with Gasteiger partial charge in [-0.05, 0) is 0 Å². The van der Waals surface area contributed by atoms with Crippen LogP contribution in [0, 0.1) is 0 Å². The van der Waals surface area contributed by atoms with E-state index in [-0.39, 0.29) is 34.1 Å². The van der Waals surface area contributed by atoms with E-state index in [9.17, 15) is 0 Å². The zero-order chi connectivity index (χ0) is 14.3. The van der Waals surface area contributed by atoms with Crippen molar-refractivity contribution in [2.24, 2.45) is 0 Å². The summed E-state index contributed by atoms with van der Waals surface area (Å²) in [5, 5.41) is 29.7. The van der Waals surface area contributed by atoms with Crippen molar-refractivity contribution in [3.63, 3.8) is 0 Å². The number of carbonyl (C=O) groups is 4. The third-order valence-electron chi connectivity index (χ3n) is 0. The summed E-state index contributed by atoms with van der Waals surface area (Å²) in [6.07, 6.45) is 0. The number of hydrogen-bond donors (Lipinski definition) is 4. The van der Waals surface area contributed by atoms with Crippen LogP contribution in [0.3, 0.4) is 0 Å². The predicted octanol–water partition coefficient (Wildman–Crippen LogP) is 0.359. The summed E-state index contributed by atoms with van der Waals surface area (Å²) in [5.74, 6) is -3.33. The van der Waals surface area contributed by atoms with Crippen LogP contribution in [0.1, 0.15) is 27.7 Å². The number of aliphatic carboxylic acids is 4. The first-order valence-corrected chi connectivity index (χ1v) is 3.71. The molecule has 0 atom stereocenters. The fourth-order valence-corrected chi connectivity index (χ4v) is 0. The fraction of sp³-hybridized carbons (Fsp3) is 0.500. The number of hydrogen-bond acceptors (Lipinski definition) is 4. The zero-order valence-electron chi connectivity index (χ0n) is 10.0. The van der Waals surface area contributed by atoms with Crippen molar-refractivity contribution in [3.8, 4) is 0 Å². The molecule has 10 heteroatoms. The van der Waals surface area contributed by atoms with E-state index in [1.165, 1.54) is 0 Å². The van der Waals surface area contributed by atoms with Crippen LogP contribution >= 0.6 is 0 Å². The quantitative estimate of drug-likeness (QED) is 0.448. The Bertz CT molecular complexity index is 165. The molecule has 0 bridgehead atoms. The second-order valence-electron chi connectivity index (χ2n) is 2.08. The van der Waals surface area contributed by atoms with Crippen LogP contribution in [-0.2, 0) is 53.3 Å². The Morgan fingerprint density at radius 2 is 0.500 bits per heavy atom. The maximum atomic E-state index is 9.00. The van der Waals surface area contributed by atoms with Crippen molar-refractivity contribution in [2.75, 3.05) is 0 Å². The molecule has 0 spiro atoms. The standard InChI is InChI=1S/4C2H4O2.2Cu/c4*1-2(3)4;;/h4*1H3,(H,3,4);;. The third-order valence-corrected chi connectivity index (χ3v) is 0. The van der Waals surface area contributed by atoms with Gasteiger partial charge in [0.25, 0.3) is 23.9 Å². The van der Waals surface area contributed by atoms with Gasteiger partial charge in [0, 0.05) is 61.8 Å². The summed E-state index contributed by atoms with van der Waals surface area (Å²) in [7, 11) is 0. The van der Waals surface area contributed by atoms with Crippen LogP contribution in [0.2, 0.25) is 0 Å². The van der Waals surface area contributed by atoms with Gasteiger partial charge in [-0.15, -0.1) is 0 Å². The van der Waals surface area contributed by atoms with Crippen molar-refractivity contribution in [1.82, 2.24) is 0 Å². The minimum Gasteiger partial charge on any atom is -0.481 e. The molecule has 0 fully saturated rings. The van der Waals surface area contributed by atoms with Crippen LogP contribution in [0.5, 0.6) is 0 Å². The smallest absolute Gasteiger partial charge is 0.300 e. The molecule has 118 valence electrons. The summed E-state index contributed by atoms with van der Waals surface area (Å²) in [6, 6.07) is 0. The molecule has 0 unspecified atom stereocenters. The molecule has 0 heterocycles. The molecule has 0 aliphatic heterocycles. The molecule has 0 amide bonds. The zero-order valence-corrected chi connectivity index (χ0v) is 11.9. The van der Waals surface area contributed by atoms with E-state index in [1.54, 1.807) is 0 Å². The average molecular weight is 367 g/mol. The van der Waals surface area contributed by atoms with Gasteiger partial charge in [-0.2, -0.15) is 0 Å². The van der Waals surface area contributed by atoms with Crippen molar-refractivity contribution in [3.05, 3.63) is 0 Å². The van der Waals surface area contributed by atoms with E-state index in [0.29, 0.717) is 0 Å². The Morgan fingerprint density at radius 3 is 0.500 bits per heavy atom. The molecule has 0 rings (SSSR count). The van der Waals surface area contributed by atoms with Crippen LogP contribution < -0.4 is 0 Å². The van der Waals surface area contributed by atoms with Gasteiger partial charge in [-0.1, -0.05) is 0 Å². The molecule has 0 aromatic carbocycles. The minimum absolute atomic E-state index is 0. The van der Waals surface area contributed by atoms with Gasteiger partial charge in [0.1, 0.15) is 0 Å². The Labute approximate surface area is 125 Å². The predicted molar refractivity (Wildman–Crippen MR) is 53.2 cm³/mol. The Balaban J connectivity index is -0.0000000257. The summed E-state index contributed by atoms with van der Waals surface area (Å²) in [6.45, 7) is 4.33. The van der Waals surface area contributed by atoms with Gasteiger partial charge in [0.15, 0.2) is 0 Å². The van der Waals surface area contributed by atoms with E-state index < -0.39 is 23.9 Å². The topological polar surface area (TPSA) is 149 Å². The summed E-state index contributed by atoms with van der Waals surface area (Å²) < 4.78 is 0. The van der Waals surface area contributed by atoms with E-state index in [2.05, 4.69) is 0 Å². The first-order chi connectivity index (χ1) is 6.93. The van der Waals surface area contributed by atoms with E-state index in [0.717, 1.165) is 27.7 Å². The van der Waals surface area contributed by atoms with E-state index in [4.69, 9.17) is 39.6 Å². The average Bonchev–Trinajstić information content (AvgIpc) is 1.76. The second kappa shape index (κ2) is 29.7. The van der Waals surface area contributed by atoms with E-state index in [1.807, 2.05) is 0 Å². The maximum absolute atomic E-state index is 9.00. The Kier molecular flexibility index (Phi) is 59.4. The molecular formula is C8H16Cu2O8. The van der Waals surface area contributed by atoms with Gasteiger partial charge in [-0.25, -0.2) is 0 Å². The molecule has 0 saturated carbocycles. The maximum Gasteiger partial charge on any atom is 0.300 e. The normalized spacial score (nSPS) is 5.56. The number of carboxylic acid groups (broad SMARTS) is 4. The van der Waals surface area contributed by atoms with Gasteiger partial charge < -0.3 is 20.4 Å². The van der Waals surface area contributed by atoms with Crippen LogP contribution in [0.15, 0.2) is 0 Å². The van der Waals surface area contributed by atoms with Crippen LogP contribution in [0.4, 0.5) is 0 Å². The molecule has 0 aliphatic carbocycles. The third kappa shape index (κ3) is 2470. The Morgan fingerprint density at radius 1 is 0.500 bits per heavy atom. The molecule has 0 aromatic rings. The largest absolute Gasteiger partial charge is 0.481 e. The molecule has 18 heavy (non-hydrogen) atoms. The summed E-state index contributed by atoms with van der Waals surface area (Å²) >= 11 is 0. The van der Waals surface area contributed by atoms with Crippen LogP contribution in [0.25, 0.3) is 0 Å². The first kappa shape index (κ1) is 36.0. The summed E-state index contributed by atoms with van der Waals surface area (Å²) in [5.41, 5.74) is 0. The van der Waals surface area contributed by atoms with Gasteiger partial charge >= 0.3 is 0 Å². The van der Waals surface area contributed by atoms with Gasteiger partial charge in [0.2, 0.25) is 0 Å². The fourth-order valence-electron chi connectivity index (χ4n) is 0. The van der Waals surface area contributed by atoms with Crippen LogP contribution in [-0.4, -0.2) is 44.3 Å². The molecule has 4 N–H and O–H groups in total. The van der Waals surface area contributed by atoms with Gasteiger partial charge in [-0.3, -0.25) is 19.2 Å².